The maximum absolute atomic E-state index is 13.6. The SMILES string of the molecule is O=C(Cc1c(F)cccc1Cl)c1ccccc1C(F)(F)F. The van der Waals surface area contributed by atoms with E-state index in [0.717, 1.165) is 18.2 Å². The number of Topliss-reactive ketones (excluding diaryl/α,β-unsaturated/α-hetero) is 1. The minimum Gasteiger partial charge on any atom is -0.294 e. The molecule has 110 valence electrons. The molecule has 1 nitrogen and oxygen atoms in total. The van der Waals surface area contributed by atoms with Gasteiger partial charge >= 0.3 is 6.18 Å². The Bertz CT molecular complexity index is 659. The largest absolute Gasteiger partial charge is 0.417 e. The van der Waals surface area contributed by atoms with Gasteiger partial charge in [0.1, 0.15) is 5.82 Å². The maximum Gasteiger partial charge on any atom is 0.417 e. The van der Waals surface area contributed by atoms with Crippen molar-refractivity contribution in [3.05, 3.63) is 70.0 Å². The van der Waals surface area contributed by atoms with E-state index in [2.05, 4.69) is 0 Å². The van der Waals surface area contributed by atoms with E-state index >= 15 is 0 Å². The van der Waals surface area contributed by atoms with E-state index in [4.69, 9.17) is 11.6 Å². The molecule has 0 unspecified atom stereocenters. The molecule has 0 aromatic heterocycles. The highest BCUT2D eigenvalue weighted by atomic mass is 35.5. The van der Waals surface area contributed by atoms with E-state index in [1.54, 1.807) is 0 Å². The first-order chi connectivity index (χ1) is 9.80. The van der Waals surface area contributed by atoms with Crippen LogP contribution >= 0.6 is 11.6 Å². The Morgan fingerprint density at radius 1 is 1.05 bits per heavy atom. The third kappa shape index (κ3) is 3.42. The van der Waals surface area contributed by atoms with Crippen LogP contribution in [0, 0.1) is 5.82 Å². The van der Waals surface area contributed by atoms with Crippen LogP contribution in [0.2, 0.25) is 5.02 Å². The first-order valence-corrected chi connectivity index (χ1v) is 6.31. The van der Waals surface area contributed by atoms with Crippen molar-refractivity contribution >= 4 is 17.4 Å². The molecule has 6 heteroatoms. The lowest BCUT2D eigenvalue weighted by Gasteiger charge is -2.12. The molecule has 0 saturated heterocycles. The Labute approximate surface area is 123 Å². The first kappa shape index (κ1) is 15.5. The van der Waals surface area contributed by atoms with Crippen molar-refractivity contribution in [2.24, 2.45) is 0 Å². The smallest absolute Gasteiger partial charge is 0.294 e. The molecular weight excluding hydrogens is 308 g/mol. The minimum absolute atomic E-state index is 0.00726. The molecule has 2 aromatic rings. The lowest BCUT2D eigenvalue weighted by Crippen LogP contribution is -2.15. The van der Waals surface area contributed by atoms with Crippen LogP contribution in [0.4, 0.5) is 17.6 Å². The van der Waals surface area contributed by atoms with Crippen LogP contribution in [0.5, 0.6) is 0 Å². The quantitative estimate of drug-likeness (QED) is 0.580. The molecule has 0 fully saturated rings. The standard InChI is InChI=1S/C15H9ClF4O/c16-12-6-3-7-13(17)10(12)8-14(21)9-4-1-2-5-11(9)15(18,19)20/h1-7H,8H2. The zero-order valence-corrected chi connectivity index (χ0v) is 11.3. The molecule has 0 aliphatic carbocycles. The molecule has 0 atom stereocenters. The fraction of sp³-hybridized carbons (Fsp3) is 0.133. The van der Waals surface area contributed by atoms with Gasteiger partial charge in [-0.2, -0.15) is 13.2 Å². The highest BCUT2D eigenvalue weighted by molar-refractivity contribution is 6.31. The zero-order valence-electron chi connectivity index (χ0n) is 10.5. The number of benzene rings is 2. The van der Waals surface area contributed by atoms with Crippen molar-refractivity contribution in [3.63, 3.8) is 0 Å². The van der Waals surface area contributed by atoms with Crippen LogP contribution < -0.4 is 0 Å². The second-order valence-electron chi connectivity index (χ2n) is 4.34. The molecule has 2 aromatic carbocycles. The van der Waals surface area contributed by atoms with Gasteiger partial charge in [-0.1, -0.05) is 35.9 Å². The maximum atomic E-state index is 13.6. The minimum atomic E-state index is -4.65. The molecule has 0 radical (unpaired) electrons. The second-order valence-corrected chi connectivity index (χ2v) is 4.75. The van der Waals surface area contributed by atoms with Gasteiger partial charge in [-0.05, 0) is 18.2 Å². The number of hydrogen-bond donors (Lipinski definition) is 0. The highest BCUT2D eigenvalue weighted by Gasteiger charge is 2.34. The third-order valence-electron chi connectivity index (χ3n) is 2.93. The van der Waals surface area contributed by atoms with Crippen LogP contribution in [0.25, 0.3) is 0 Å². The molecule has 0 bridgehead atoms. The van der Waals surface area contributed by atoms with Crippen molar-refractivity contribution in [1.82, 2.24) is 0 Å². The summed E-state index contributed by atoms with van der Waals surface area (Å²) in [4.78, 5) is 12.1. The van der Waals surface area contributed by atoms with Gasteiger partial charge < -0.3 is 0 Å². The summed E-state index contributed by atoms with van der Waals surface area (Å²) in [5.74, 6) is -1.56. The Morgan fingerprint density at radius 2 is 1.71 bits per heavy atom. The van der Waals surface area contributed by atoms with E-state index in [0.29, 0.717) is 0 Å². The van der Waals surface area contributed by atoms with Crippen molar-refractivity contribution in [2.75, 3.05) is 0 Å². The van der Waals surface area contributed by atoms with Gasteiger partial charge in [0, 0.05) is 22.6 Å². The molecule has 21 heavy (non-hydrogen) atoms. The second kappa shape index (κ2) is 5.85. The van der Waals surface area contributed by atoms with Gasteiger partial charge in [0.15, 0.2) is 5.78 Å². The van der Waals surface area contributed by atoms with E-state index in [1.165, 1.54) is 24.3 Å². The summed E-state index contributed by atoms with van der Waals surface area (Å²) in [6.07, 6.45) is -5.18. The molecule has 2 rings (SSSR count). The van der Waals surface area contributed by atoms with Gasteiger partial charge in [-0.15, -0.1) is 0 Å². The Kier molecular flexibility index (Phi) is 4.32. The van der Waals surface area contributed by atoms with Crippen LogP contribution in [-0.4, -0.2) is 5.78 Å². The lowest BCUT2D eigenvalue weighted by atomic mass is 9.98. The van der Waals surface area contributed by atoms with Gasteiger partial charge in [0.2, 0.25) is 0 Å². The molecule has 0 saturated carbocycles. The van der Waals surface area contributed by atoms with Crippen molar-refractivity contribution in [3.8, 4) is 0 Å². The first-order valence-electron chi connectivity index (χ1n) is 5.93. The van der Waals surface area contributed by atoms with Crippen LogP contribution in [0.1, 0.15) is 21.5 Å². The lowest BCUT2D eigenvalue weighted by molar-refractivity contribution is -0.137. The van der Waals surface area contributed by atoms with Gasteiger partial charge in [0.05, 0.1) is 5.56 Å². The van der Waals surface area contributed by atoms with E-state index in [9.17, 15) is 22.4 Å². The van der Waals surface area contributed by atoms with Crippen molar-refractivity contribution in [2.45, 2.75) is 12.6 Å². The summed E-state index contributed by atoms with van der Waals surface area (Å²) in [5.41, 5.74) is -1.65. The van der Waals surface area contributed by atoms with Crippen molar-refractivity contribution < 1.29 is 22.4 Å². The number of alkyl halides is 3. The zero-order chi connectivity index (χ0) is 15.6. The number of rotatable bonds is 3. The molecule has 0 aliphatic heterocycles. The fourth-order valence-corrected chi connectivity index (χ4v) is 2.16. The topological polar surface area (TPSA) is 17.1 Å². The molecule has 0 amide bonds. The fourth-order valence-electron chi connectivity index (χ4n) is 1.93. The van der Waals surface area contributed by atoms with E-state index in [-0.39, 0.29) is 10.6 Å². The Balaban J connectivity index is 2.38. The number of carbonyl (C=O) groups excluding carboxylic acids is 1. The summed E-state index contributed by atoms with van der Waals surface area (Å²) in [6.45, 7) is 0. The molecule has 0 heterocycles. The summed E-state index contributed by atoms with van der Waals surface area (Å²) in [6, 6.07) is 8.24. The normalized spacial score (nSPS) is 11.5. The summed E-state index contributed by atoms with van der Waals surface area (Å²) in [7, 11) is 0. The monoisotopic (exact) mass is 316 g/mol. The molecule has 0 N–H and O–H groups in total. The average Bonchev–Trinajstić information content (AvgIpc) is 2.42. The third-order valence-corrected chi connectivity index (χ3v) is 3.29. The summed E-state index contributed by atoms with van der Waals surface area (Å²) in [5, 5.41) is 0.00726. The van der Waals surface area contributed by atoms with Gasteiger partial charge in [-0.3, -0.25) is 4.79 Å². The molecular formula is C15H9ClF4O. The summed E-state index contributed by atoms with van der Waals surface area (Å²) < 4.78 is 52.2. The number of hydrogen-bond acceptors (Lipinski definition) is 1. The van der Waals surface area contributed by atoms with Gasteiger partial charge in [0.25, 0.3) is 0 Å². The van der Waals surface area contributed by atoms with Crippen LogP contribution in [-0.2, 0) is 12.6 Å². The van der Waals surface area contributed by atoms with E-state index < -0.39 is 35.3 Å². The predicted molar refractivity (Wildman–Crippen MR) is 70.9 cm³/mol. The highest BCUT2D eigenvalue weighted by Crippen LogP contribution is 2.32. The number of ketones is 1. The van der Waals surface area contributed by atoms with Crippen LogP contribution in [0.3, 0.4) is 0 Å². The Hall–Kier alpha value is -1.88. The molecule has 0 spiro atoms. The van der Waals surface area contributed by atoms with E-state index in [1.807, 2.05) is 0 Å². The number of carbonyl (C=O) groups is 1. The van der Waals surface area contributed by atoms with Gasteiger partial charge in [-0.25, -0.2) is 4.39 Å². The average molecular weight is 317 g/mol. The Morgan fingerprint density at radius 3 is 2.33 bits per heavy atom. The van der Waals surface area contributed by atoms with Crippen LogP contribution in [0.15, 0.2) is 42.5 Å². The van der Waals surface area contributed by atoms with Crippen molar-refractivity contribution in [1.29, 1.82) is 0 Å². The summed E-state index contributed by atoms with van der Waals surface area (Å²) >= 11 is 5.78. The molecule has 0 aliphatic rings. The predicted octanol–water partition coefficient (Wildman–Crippen LogP) is 4.92. The number of halogens is 5.